The first-order valence-electron chi connectivity index (χ1n) is 7.79. The van der Waals surface area contributed by atoms with Crippen LogP contribution in [-0.4, -0.2) is 18.5 Å². The van der Waals surface area contributed by atoms with E-state index in [0.29, 0.717) is 22.8 Å². The van der Waals surface area contributed by atoms with Crippen molar-refractivity contribution in [1.29, 1.82) is 0 Å². The summed E-state index contributed by atoms with van der Waals surface area (Å²) in [6.45, 7) is 3.95. The first-order valence-corrected chi connectivity index (χ1v) is 8.16. The minimum absolute atomic E-state index is 0.0229. The molecule has 0 heterocycles. The van der Waals surface area contributed by atoms with Crippen molar-refractivity contribution in [2.24, 2.45) is 0 Å². The Morgan fingerprint density at radius 3 is 2.58 bits per heavy atom. The van der Waals surface area contributed by atoms with Crippen molar-refractivity contribution in [3.8, 4) is 0 Å². The van der Waals surface area contributed by atoms with Gasteiger partial charge in [0.1, 0.15) is 0 Å². The highest BCUT2D eigenvalue weighted by atomic mass is 35.5. The maximum Gasteiger partial charge on any atom is 0.308 e. The molecule has 0 unspecified atom stereocenters. The first-order chi connectivity index (χ1) is 11.5. The number of hydrogen-bond acceptors (Lipinski definition) is 3. The maximum atomic E-state index is 12.5. The molecule has 1 N–H and O–H groups in total. The Hall–Kier alpha value is -2.33. The fourth-order valence-corrected chi connectivity index (χ4v) is 2.68. The average molecular weight is 346 g/mol. The van der Waals surface area contributed by atoms with Crippen LogP contribution in [0.1, 0.15) is 40.9 Å². The summed E-state index contributed by atoms with van der Waals surface area (Å²) in [5.74, 6) is -0.639. The highest BCUT2D eigenvalue weighted by Crippen LogP contribution is 2.26. The molecular weight excluding hydrogens is 326 g/mol. The topological polar surface area (TPSA) is 55.4 Å². The fraction of sp³-hybridized carbons (Fsp3) is 0.263. The second-order valence-electron chi connectivity index (χ2n) is 5.43. The zero-order valence-electron chi connectivity index (χ0n) is 13.7. The molecule has 24 heavy (non-hydrogen) atoms. The normalized spacial score (nSPS) is 11.6. The maximum absolute atomic E-state index is 12.5. The van der Waals surface area contributed by atoms with Crippen LogP contribution in [0.3, 0.4) is 0 Å². The molecule has 2 aromatic carbocycles. The van der Waals surface area contributed by atoms with Gasteiger partial charge in [0.25, 0.3) is 5.91 Å². The smallest absolute Gasteiger partial charge is 0.308 e. The molecule has 0 aliphatic heterocycles. The van der Waals surface area contributed by atoms with E-state index in [4.69, 9.17) is 16.3 Å². The summed E-state index contributed by atoms with van der Waals surface area (Å²) in [7, 11) is 0. The Balaban J connectivity index is 2.24. The van der Waals surface area contributed by atoms with E-state index in [1.165, 1.54) is 0 Å². The molecule has 2 rings (SSSR count). The molecule has 5 heteroatoms. The van der Waals surface area contributed by atoms with Crippen LogP contribution < -0.4 is 5.32 Å². The van der Waals surface area contributed by atoms with Gasteiger partial charge in [-0.3, -0.25) is 9.59 Å². The Labute approximate surface area is 146 Å². The van der Waals surface area contributed by atoms with Gasteiger partial charge in [-0.2, -0.15) is 0 Å². The van der Waals surface area contributed by atoms with Gasteiger partial charge in [-0.25, -0.2) is 0 Å². The van der Waals surface area contributed by atoms with Crippen LogP contribution in [-0.2, 0) is 9.53 Å². The van der Waals surface area contributed by atoms with E-state index in [1.54, 1.807) is 37.3 Å². The highest BCUT2D eigenvalue weighted by molar-refractivity contribution is 6.31. The number of esters is 1. The lowest BCUT2D eigenvalue weighted by Gasteiger charge is -2.20. The SMILES string of the molecule is CCOC(=O)C[C@H](NC(=O)c1cccc(C)c1)c1ccccc1Cl. The van der Waals surface area contributed by atoms with Gasteiger partial charge in [-0.15, -0.1) is 0 Å². The van der Waals surface area contributed by atoms with Gasteiger partial charge >= 0.3 is 5.97 Å². The van der Waals surface area contributed by atoms with Gasteiger partial charge < -0.3 is 10.1 Å². The van der Waals surface area contributed by atoms with E-state index < -0.39 is 6.04 Å². The summed E-state index contributed by atoms with van der Waals surface area (Å²) in [4.78, 5) is 24.4. The molecule has 0 aliphatic rings. The van der Waals surface area contributed by atoms with E-state index in [1.807, 2.05) is 25.1 Å². The molecule has 0 spiro atoms. The van der Waals surface area contributed by atoms with E-state index in [-0.39, 0.29) is 18.3 Å². The zero-order valence-corrected chi connectivity index (χ0v) is 14.5. The zero-order chi connectivity index (χ0) is 17.5. The van der Waals surface area contributed by atoms with Crippen molar-refractivity contribution in [1.82, 2.24) is 5.32 Å². The second kappa shape index (κ2) is 8.50. The van der Waals surface area contributed by atoms with Crippen LogP contribution in [0, 0.1) is 6.92 Å². The lowest BCUT2D eigenvalue weighted by Crippen LogP contribution is -2.31. The highest BCUT2D eigenvalue weighted by Gasteiger charge is 2.22. The minimum atomic E-state index is -0.550. The molecule has 0 aliphatic carbocycles. The fourth-order valence-electron chi connectivity index (χ4n) is 2.41. The molecule has 0 saturated heterocycles. The summed E-state index contributed by atoms with van der Waals surface area (Å²) < 4.78 is 5.01. The van der Waals surface area contributed by atoms with E-state index in [0.717, 1.165) is 5.56 Å². The summed E-state index contributed by atoms with van der Waals surface area (Å²) >= 11 is 6.23. The van der Waals surface area contributed by atoms with Gasteiger partial charge in [0.2, 0.25) is 0 Å². The third kappa shape index (κ3) is 4.83. The summed E-state index contributed by atoms with van der Waals surface area (Å²) in [6, 6.07) is 13.9. The van der Waals surface area contributed by atoms with Crippen molar-refractivity contribution in [2.75, 3.05) is 6.61 Å². The third-order valence-corrected chi connectivity index (χ3v) is 3.89. The van der Waals surface area contributed by atoms with Gasteiger partial charge in [0.05, 0.1) is 19.1 Å². The van der Waals surface area contributed by atoms with E-state index >= 15 is 0 Å². The summed E-state index contributed by atoms with van der Waals surface area (Å²) in [5.41, 5.74) is 2.21. The standard InChI is InChI=1S/C19H20ClNO3/c1-3-24-18(22)12-17(15-9-4-5-10-16(15)20)21-19(23)14-8-6-7-13(2)11-14/h4-11,17H,3,12H2,1-2H3,(H,21,23)/t17-/m0/s1. The van der Waals surface area contributed by atoms with Crippen LogP contribution in [0.4, 0.5) is 0 Å². The molecule has 0 aromatic heterocycles. The van der Waals surface area contributed by atoms with Crippen LogP contribution >= 0.6 is 11.6 Å². The third-order valence-electron chi connectivity index (χ3n) is 3.54. The lowest BCUT2D eigenvalue weighted by atomic mass is 10.0. The monoisotopic (exact) mass is 345 g/mol. The van der Waals surface area contributed by atoms with Crippen LogP contribution in [0.15, 0.2) is 48.5 Å². The van der Waals surface area contributed by atoms with Crippen molar-refractivity contribution in [3.63, 3.8) is 0 Å². The Bertz CT molecular complexity index is 730. The number of aryl methyl sites for hydroxylation is 1. The van der Waals surface area contributed by atoms with Crippen molar-refractivity contribution < 1.29 is 14.3 Å². The number of nitrogens with one attached hydrogen (secondary N) is 1. The first kappa shape index (κ1) is 18.0. The molecule has 0 saturated carbocycles. The van der Waals surface area contributed by atoms with E-state index in [2.05, 4.69) is 5.32 Å². The lowest BCUT2D eigenvalue weighted by molar-refractivity contribution is -0.143. The molecule has 2 aromatic rings. The number of benzene rings is 2. The van der Waals surface area contributed by atoms with Crippen LogP contribution in [0.2, 0.25) is 5.02 Å². The average Bonchev–Trinajstić information content (AvgIpc) is 2.55. The number of rotatable bonds is 6. The number of hydrogen-bond donors (Lipinski definition) is 1. The molecule has 0 radical (unpaired) electrons. The molecule has 1 atom stereocenters. The predicted molar refractivity (Wildman–Crippen MR) is 94.1 cm³/mol. The minimum Gasteiger partial charge on any atom is -0.466 e. The van der Waals surface area contributed by atoms with Crippen LogP contribution in [0.25, 0.3) is 0 Å². The van der Waals surface area contributed by atoms with Gasteiger partial charge in [-0.05, 0) is 37.6 Å². The molecule has 1 amide bonds. The Kier molecular flexibility index (Phi) is 6.38. The Morgan fingerprint density at radius 1 is 1.17 bits per heavy atom. The van der Waals surface area contributed by atoms with Crippen LogP contribution in [0.5, 0.6) is 0 Å². The quantitative estimate of drug-likeness (QED) is 0.803. The summed E-state index contributed by atoms with van der Waals surface area (Å²) in [5, 5.41) is 3.38. The van der Waals surface area contributed by atoms with Crippen molar-refractivity contribution in [3.05, 3.63) is 70.2 Å². The number of carbonyl (C=O) groups is 2. The number of ether oxygens (including phenoxy) is 1. The molecule has 0 fully saturated rings. The van der Waals surface area contributed by atoms with E-state index in [9.17, 15) is 9.59 Å². The molecule has 4 nitrogen and oxygen atoms in total. The molecule has 0 bridgehead atoms. The molecule has 126 valence electrons. The number of amides is 1. The molecular formula is C19H20ClNO3. The number of halogens is 1. The Morgan fingerprint density at radius 2 is 1.92 bits per heavy atom. The van der Waals surface area contributed by atoms with Gasteiger partial charge in [0.15, 0.2) is 0 Å². The summed E-state index contributed by atoms with van der Waals surface area (Å²) in [6.07, 6.45) is 0.0229. The van der Waals surface area contributed by atoms with Gasteiger partial charge in [-0.1, -0.05) is 47.5 Å². The number of carbonyl (C=O) groups excluding carboxylic acids is 2. The predicted octanol–water partition coefficient (Wildman–Crippen LogP) is 4.07. The van der Waals surface area contributed by atoms with Crippen molar-refractivity contribution in [2.45, 2.75) is 26.3 Å². The largest absolute Gasteiger partial charge is 0.466 e. The second-order valence-corrected chi connectivity index (χ2v) is 5.83. The van der Waals surface area contributed by atoms with Gasteiger partial charge in [0, 0.05) is 10.6 Å². The van der Waals surface area contributed by atoms with Crippen molar-refractivity contribution >= 4 is 23.5 Å².